The van der Waals surface area contributed by atoms with Crippen molar-refractivity contribution >= 4 is 42.6 Å². The summed E-state index contributed by atoms with van der Waals surface area (Å²) in [5.41, 5.74) is 8.11. The molecular formula is C10H9BrN2S. The molecule has 1 aromatic heterocycles. The number of fused-ring (bicyclic) bond motifs is 1. The van der Waals surface area contributed by atoms with Gasteiger partial charge < -0.3 is 5.73 Å². The van der Waals surface area contributed by atoms with Crippen LogP contribution in [0.2, 0.25) is 0 Å². The van der Waals surface area contributed by atoms with Crippen molar-refractivity contribution in [2.75, 3.05) is 5.73 Å². The summed E-state index contributed by atoms with van der Waals surface area (Å²) in [5.74, 6) is 0.777. The van der Waals surface area contributed by atoms with E-state index < -0.39 is 0 Å². The minimum Gasteiger partial charge on any atom is -0.375 e. The molecule has 0 radical (unpaired) electrons. The van der Waals surface area contributed by atoms with E-state index in [-0.39, 0.29) is 0 Å². The predicted octanol–water partition coefficient (Wildman–Crippen LogP) is 3.52. The van der Waals surface area contributed by atoms with E-state index in [9.17, 15) is 0 Å². The maximum Gasteiger partial charge on any atom is 0.181 e. The zero-order valence-corrected chi connectivity index (χ0v) is 9.86. The molecule has 4 heteroatoms. The van der Waals surface area contributed by atoms with Crippen LogP contribution >= 0.6 is 27.3 Å². The van der Waals surface area contributed by atoms with Gasteiger partial charge in [-0.3, -0.25) is 0 Å². The van der Waals surface area contributed by atoms with Crippen molar-refractivity contribution in [1.82, 2.24) is 4.98 Å². The van der Waals surface area contributed by atoms with Gasteiger partial charge in [-0.15, -0.1) is 0 Å². The molecule has 1 fully saturated rings. The highest BCUT2D eigenvalue weighted by molar-refractivity contribution is 9.10. The zero-order valence-electron chi connectivity index (χ0n) is 7.46. The molecule has 0 spiro atoms. The molecule has 0 unspecified atom stereocenters. The highest BCUT2D eigenvalue weighted by Gasteiger charge is 2.24. The van der Waals surface area contributed by atoms with E-state index in [2.05, 4.69) is 33.0 Å². The molecule has 14 heavy (non-hydrogen) atoms. The summed E-state index contributed by atoms with van der Waals surface area (Å²) in [5, 5.41) is 0.647. The molecule has 1 aliphatic carbocycles. The zero-order chi connectivity index (χ0) is 9.71. The van der Waals surface area contributed by atoms with Crippen LogP contribution in [-0.4, -0.2) is 4.98 Å². The summed E-state index contributed by atoms with van der Waals surface area (Å²) < 4.78 is 2.27. The van der Waals surface area contributed by atoms with Crippen molar-refractivity contribution in [1.29, 1.82) is 0 Å². The standard InChI is InChI=1S/C10H9BrN2S/c11-7-3-6(5-1-2-5)4-8-9(7)13-10(12)14-8/h3-5H,1-2H2,(H2,12,13). The van der Waals surface area contributed by atoms with E-state index >= 15 is 0 Å². The van der Waals surface area contributed by atoms with Gasteiger partial charge in [-0.25, -0.2) is 4.98 Å². The Labute approximate surface area is 94.3 Å². The first-order chi connectivity index (χ1) is 6.74. The van der Waals surface area contributed by atoms with Crippen LogP contribution in [0.25, 0.3) is 10.2 Å². The van der Waals surface area contributed by atoms with Gasteiger partial charge in [0, 0.05) is 4.47 Å². The van der Waals surface area contributed by atoms with Crippen LogP contribution in [0.4, 0.5) is 5.13 Å². The largest absolute Gasteiger partial charge is 0.375 e. The predicted molar refractivity (Wildman–Crippen MR) is 63.7 cm³/mol. The van der Waals surface area contributed by atoms with Gasteiger partial charge in [0.25, 0.3) is 0 Å². The Morgan fingerprint density at radius 2 is 2.21 bits per heavy atom. The number of hydrogen-bond acceptors (Lipinski definition) is 3. The smallest absolute Gasteiger partial charge is 0.181 e. The van der Waals surface area contributed by atoms with E-state index in [1.54, 1.807) is 11.3 Å². The highest BCUT2D eigenvalue weighted by Crippen LogP contribution is 2.43. The Morgan fingerprint density at radius 1 is 1.43 bits per heavy atom. The van der Waals surface area contributed by atoms with Crippen molar-refractivity contribution < 1.29 is 0 Å². The van der Waals surface area contributed by atoms with Gasteiger partial charge >= 0.3 is 0 Å². The minimum atomic E-state index is 0.647. The first-order valence-electron chi connectivity index (χ1n) is 4.59. The van der Waals surface area contributed by atoms with E-state index in [1.807, 2.05) is 0 Å². The maximum absolute atomic E-state index is 5.69. The lowest BCUT2D eigenvalue weighted by Gasteiger charge is -1.99. The Balaban J connectivity index is 2.26. The molecule has 0 aliphatic heterocycles. The second-order valence-electron chi connectivity index (χ2n) is 3.68. The summed E-state index contributed by atoms with van der Waals surface area (Å²) in [6.07, 6.45) is 2.65. The van der Waals surface area contributed by atoms with Crippen LogP contribution in [0.3, 0.4) is 0 Å². The van der Waals surface area contributed by atoms with Gasteiger partial charge in [0.2, 0.25) is 0 Å². The van der Waals surface area contributed by atoms with Crippen molar-refractivity contribution in [3.8, 4) is 0 Å². The lowest BCUT2D eigenvalue weighted by atomic mass is 10.1. The molecule has 1 aromatic carbocycles. The second kappa shape index (κ2) is 2.94. The fraction of sp³-hybridized carbons (Fsp3) is 0.300. The first kappa shape index (κ1) is 8.68. The summed E-state index contributed by atoms with van der Waals surface area (Å²) in [7, 11) is 0. The van der Waals surface area contributed by atoms with Crippen LogP contribution in [-0.2, 0) is 0 Å². The van der Waals surface area contributed by atoms with Gasteiger partial charge in [-0.2, -0.15) is 0 Å². The number of nitrogens with zero attached hydrogens (tertiary/aromatic N) is 1. The van der Waals surface area contributed by atoms with Crippen molar-refractivity contribution in [3.63, 3.8) is 0 Å². The fourth-order valence-electron chi connectivity index (χ4n) is 1.68. The normalized spacial score (nSPS) is 16.4. The number of nitrogens with two attached hydrogens (primary N) is 1. The Kier molecular flexibility index (Phi) is 1.82. The molecule has 1 saturated carbocycles. The van der Waals surface area contributed by atoms with Gasteiger partial charge in [0.15, 0.2) is 5.13 Å². The lowest BCUT2D eigenvalue weighted by molar-refractivity contribution is 1.13. The van der Waals surface area contributed by atoms with Crippen LogP contribution in [0.1, 0.15) is 24.3 Å². The number of rotatable bonds is 1. The third-order valence-electron chi connectivity index (χ3n) is 2.54. The minimum absolute atomic E-state index is 0.647. The maximum atomic E-state index is 5.69. The SMILES string of the molecule is Nc1nc2c(Br)cc(C3CC3)cc2s1. The van der Waals surface area contributed by atoms with Crippen molar-refractivity contribution in [3.05, 3.63) is 22.2 Å². The van der Waals surface area contributed by atoms with E-state index in [0.29, 0.717) is 5.13 Å². The number of thiazole rings is 1. The summed E-state index contributed by atoms with van der Waals surface area (Å²) in [6, 6.07) is 4.41. The molecule has 1 heterocycles. The Hall–Kier alpha value is -0.610. The summed E-state index contributed by atoms with van der Waals surface area (Å²) >= 11 is 5.11. The second-order valence-corrected chi connectivity index (χ2v) is 5.59. The van der Waals surface area contributed by atoms with E-state index in [1.165, 1.54) is 23.1 Å². The average molecular weight is 269 g/mol. The fourth-order valence-corrected chi connectivity index (χ4v) is 3.19. The van der Waals surface area contributed by atoms with E-state index in [0.717, 1.165) is 15.9 Å². The molecule has 0 saturated heterocycles. The van der Waals surface area contributed by atoms with Gasteiger partial charge in [0.05, 0.1) is 10.2 Å². The summed E-state index contributed by atoms with van der Waals surface area (Å²) in [6.45, 7) is 0. The Morgan fingerprint density at radius 3 is 2.93 bits per heavy atom. The number of halogens is 1. The number of aromatic nitrogens is 1. The number of benzene rings is 1. The van der Waals surface area contributed by atoms with Gasteiger partial charge in [-0.05, 0) is 52.4 Å². The molecule has 0 amide bonds. The molecule has 2 nitrogen and oxygen atoms in total. The van der Waals surface area contributed by atoms with Crippen LogP contribution < -0.4 is 5.73 Å². The lowest BCUT2D eigenvalue weighted by Crippen LogP contribution is -1.81. The molecule has 2 aromatic rings. The van der Waals surface area contributed by atoms with Crippen LogP contribution in [0, 0.1) is 0 Å². The number of hydrogen-bond donors (Lipinski definition) is 1. The monoisotopic (exact) mass is 268 g/mol. The molecular weight excluding hydrogens is 260 g/mol. The highest BCUT2D eigenvalue weighted by atomic mass is 79.9. The van der Waals surface area contributed by atoms with E-state index in [4.69, 9.17) is 5.73 Å². The topological polar surface area (TPSA) is 38.9 Å². The molecule has 0 bridgehead atoms. The number of anilines is 1. The average Bonchev–Trinajstić information content (AvgIpc) is 2.89. The van der Waals surface area contributed by atoms with Crippen molar-refractivity contribution in [2.24, 2.45) is 0 Å². The van der Waals surface area contributed by atoms with Crippen molar-refractivity contribution in [2.45, 2.75) is 18.8 Å². The Bertz CT molecular complexity index is 502. The molecule has 1 aliphatic rings. The van der Waals surface area contributed by atoms with Crippen LogP contribution in [0.5, 0.6) is 0 Å². The van der Waals surface area contributed by atoms with Crippen LogP contribution in [0.15, 0.2) is 16.6 Å². The van der Waals surface area contributed by atoms with Gasteiger partial charge in [0.1, 0.15) is 0 Å². The van der Waals surface area contributed by atoms with Gasteiger partial charge in [-0.1, -0.05) is 11.3 Å². The molecule has 2 N–H and O–H groups in total. The molecule has 3 rings (SSSR count). The quantitative estimate of drug-likeness (QED) is 0.860. The molecule has 0 atom stereocenters. The first-order valence-corrected chi connectivity index (χ1v) is 6.20. The third-order valence-corrected chi connectivity index (χ3v) is 3.97. The number of nitrogen functional groups attached to an aromatic ring is 1. The third kappa shape index (κ3) is 1.33. The molecule has 72 valence electrons. The summed E-state index contributed by atoms with van der Waals surface area (Å²) in [4.78, 5) is 4.28.